The first-order valence-corrected chi connectivity index (χ1v) is 7.63. The summed E-state index contributed by atoms with van der Waals surface area (Å²) in [4.78, 5) is 44.6. The number of hydrogen-bond donors (Lipinski definition) is 1. The number of carbonyl (C=O) groups is 1. The smallest absolute Gasteiger partial charge is 0.407 e. The van der Waals surface area contributed by atoms with Gasteiger partial charge in [0.25, 0.3) is 11.4 Å². The van der Waals surface area contributed by atoms with Gasteiger partial charge in [0.1, 0.15) is 6.54 Å². The second kappa shape index (κ2) is 7.07. The van der Waals surface area contributed by atoms with Crippen LogP contribution in [0.15, 0.2) is 51.7 Å². The number of non-ortho nitro benzene ring substituents is 1. The van der Waals surface area contributed by atoms with Crippen LogP contribution < -0.4 is 11.1 Å². The molecule has 1 aromatic heterocycles. The number of nitro groups is 2. The van der Waals surface area contributed by atoms with E-state index in [4.69, 9.17) is 4.42 Å². The van der Waals surface area contributed by atoms with Gasteiger partial charge in [-0.1, -0.05) is 18.2 Å². The maximum absolute atomic E-state index is 12.1. The fourth-order valence-electron chi connectivity index (χ4n) is 2.55. The fraction of sp³-hybridized carbons (Fsp3) is 0.125. The molecule has 0 unspecified atom stereocenters. The van der Waals surface area contributed by atoms with Crippen molar-refractivity contribution in [3.05, 3.63) is 78.8 Å². The summed E-state index contributed by atoms with van der Waals surface area (Å²) in [7, 11) is 0. The zero-order chi connectivity index (χ0) is 19.6. The summed E-state index contributed by atoms with van der Waals surface area (Å²) in [5.74, 6) is -1.41. The highest BCUT2D eigenvalue weighted by atomic mass is 16.6. The van der Waals surface area contributed by atoms with E-state index in [-0.39, 0.29) is 29.0 Å². The van der Waals surface area contributed by atoms with Crippen LogP contribution in [0.2, 0.25) is 0 Å². The number of rotatable bonds is 6. The van der Waals surface area contributed by atoms with Gasteiger partial charge < -0.3 is 9.73 Å². The maximum Gasteiger partial charge on any atom is 0.420 e. The van der Waals surface area contributed by atoms with Gasteiger partial charge in [-0.05, 0) is 6.07 Å². The highest BCUT2D eigenvalue weighted by Crippen LogP contribution is 2.20. The molecule has 3 rings (SSSR count). The summed E-state index contributed by atoms with van der Waals surface area (Å²) in [5.41, 5.74) is 0.156. The summed E-state index contributed by atoms with van der Waals surface area (Å²) in [6.45, 7) is -0.490. The lowest BCUT2D eigenvalue weighted by Crippen LogP contribution is -2.30. The van der Waals surface area contributed by atoms with E-state index in [1.807, 2.05) is 0 Å². The van der Waals surface area contributed by atoms with Crippen molar-refractivity contribution < 1.29 is 19.1 Å². The third-order valence-corrected chi connectivity index (χ3v) is 3.83. The first kappa shape index (κ1) is 17.8. The van der Waals surface area contributed by atoms with E-state index in [1.54, 1.807) is 6.07 Å². The molecule has 0 fully saturated rings. The highest BCUT2D eigenvalue weighted by molar-refractivity contribution is 5.80. The van der Waals surface area contributed by atoms with Crippen molar-refractivity contribution in [1.82, 2.24) is 9.88 Å². The molecule has 0 aliphatic heterocycles. The molecule has 0 saturated heterocycles. The SMILES string of the molecule is O=C(Cn1c(=O)oc2cc([N+](=O)[O-])ccc21)NCc1ccccc1[N+](=O)[O-]. The Morgan fingerprint density at radius 3 is 2.56 bits per heavy atom. The lowest BCUT2D eigenvalue weighted by Gasteiger charge is -2.06. The molecule has 27 heavy (non-hydrogen) atoms. The van der Waals surface area contributed by atoms with Gasteiger partial charge in [0.2, 0.25) is 5.91 Å². The van der Waals surface area contributed by atoms with Crippen LogP contribution in [0.3, 0.4) is 0 Å². The van der Waals surface area contributed by atoms with Crippen LogP contribution in [0, 0.1) is 20.2 Å². The Morgan fingerprint density at radius 2 is 1.85 bits per heavy atom. The summed E-state index contributed by atoms with van der Waals surface area (Å²) >= 11 is 0. The standard InChI is InChI=1S/C16H12N4O7/c21-15(17-8-10-3-1-2-4-12(10)20(25)26)9-18-13-6-5-11(19(23)24)7-14(13)27-16(18)22/h1-7H,8-9H2,(H,17,21). The minimum absolute atomic E-state index is 0.0132. The van der Waals surface area contributed by atoms with Crippen molar-refractivity contribution in [2.24, 2.45) is 0 Å². The number of fused-ring (bicyclic) bond motifs is 1. The third-order valence-electron chi connectivity index (χ3n) is 3.83. The van der Waals surface area contributed by atoms with Crippen molar-refractivity contribution in [2.75, 3.05) is 0 Å². The molecule has 3 aromatic rings. The molecule has 0 atom stereocenters. The number of carbonyl (C=O) groups excluding carboxylic acids is 1. The molecule has 0 aliphatic carbocycles. The van der Waals surface area contributed by atoms with Crippen molar-refractivity contribution in [2.45, 2.75) is 13.1 Å². The Balaban J connectivity index is 1.77. The predicted molar refractivity (Wildman–Crippen MR) is 92.1 cm³/mol. The first-order chi connectivity index (χ1) is 12.9. The van der Waals surface area contributed by atoms with Gasteiger partial charge in [-0.15, -0.1) is 0 Å². The van der Waals surface area contributed by atoms with Crippen molar-refractivity contribution >= 4 is 28.4 Å². The second-order valence-corrected chi connectivity index (χ2v) is 5.53. The Bertz CT molecular complexity index is 1120. The van der Waals surface area contributed by atoms with E-state index in [1.165, 1.54) is 30.3 Å². The Hall–Kier alpha value is -4.02. The molecule has 1 N–H and O–H groups in total. The molecular formula is C16H12N4O7. The normalized spacial score (nSPS) is 10.7. The molecular weight excluding hydrogens is 360 g/mol. The fourth-order valence-corrected chi connectivity index (χ4v) is 2.55. The molecule has 0 radical (unpaired) electrons. The molecule has 2 aromatic carbocycles. The van der Waals surface area contributed by atoms with Crippen LogP contribution in [0.5, 0.6) is 0 Å². The number of benzene rings is 2. The first-order valence-electron chi connectivity index (χ1n) is 7.63. The van der Waals surface area contributed by atoms with Gasteiger partial charge in [-0.3, -0.25) is 29.6 Å². The van der Waals surface area contributed by atoms with E-state index in [2.05, 4.69) is 5.32 Å². The number of oxazole rings is 1. The molecule has 0 saturated carbocycles. The van der Waals surface area contributed by atoms with Crippen LogP contribution in [0.1, 0.15) is 5.56 Å². The summed E-state index contributed by atoms with van der Waals surface area (Å²) < 4.78 is 5.96. The molecule has 0 aliphatic rings. The van der Waals surface area contributed by atoms with E-state index in [0.717, 1.165) is 10.6 Å². The summed E-state index contributed by atoms with van der Waals surface area (Å²) in [6.07, 6.45) is 0. The second-order valence-electron chi connectivity index (χ2n) is 5.53. The molecule has 0 spiro atoms. The van der Waals surface area contributed by atoms with Gasteiger partial charge in [-0.2, -0.15) is 0 Å². The van der Waals surface area contributed by atoms with Crippen LogP contribution in [0.25, 0.3) is 11.1 Å². The largest absolute Gasteiger partial charge is 0.420 e. The van der Waals surface area contributed by atoms with E-state index in [9.17, 15) is 29.8 Å². The van der Waals surface area contributed by atoms with Gasteiger partial charge in [0.05, 0.1) is 21.4 Å². The van der Waals surface area contributed by atoms with E-state index in [0.29, 0.717) is 5.56 Å². The number of nitrogens with zero attached hydrogens (tertiary/aromatic N) is 3. The average Bonchev–Trinajstić information content (AvgIpc) is 2.94. The quantitative estimate of drug-likeness (QED) is 0.511. The van der Waals surface area contributed by atoms with Crippen molar-refractivity contribution in [3.8, 4) is 0 Å². The number of hydrogen-bond acceptors (Lipinski definition) is 7. The third kappa shape index (κ3) is 3.66. The molecule has 1 heterocycles. The molecule has 1 amide bonds. The lowest BCUT2D eigenvalue weighted by atomic mass is 10.2. The number of nitro benzene ring substituents is 2. The van der Waals surface area contributed by atoms with E-state index >= 15 is 0 Å². The van der Waals surface area contributed by atoms with Crippen molar-refractivity contribution in [3.63, 3.8) is 0 Å². The zero-order valence-electron chi connectivity index (χ0n) is 13.7. The number of nitrogens with one attached hydrogen (secondary N) is 1. The van der Waals surface area contributed by atoms with Crippen LogP contribution >= 0.6 is 0 Å². The Labute approximate surface area is 150 Å². The average molecular weight is 372 g/mol. The highest BCUT2D eigenvalue weighted by Gasteiger charge is 2.17. The van der Waals surface area contributed by atoms with Crippen LogP contribution in [0.4, 0.5) is 11.4 Å². The van der Waals surface area contributed by atoms with Crippen molar-refractivity contribution in [1.29, 1.82) is 0 Å². The van der Waals surface area contributed by atoms with Gasteiger partial charge in [-0.25, -0.2) is 4.79 Å². The zero-order valence-corrected chi connectivity index (χ0v) is 13.7. The number of amides is 1. The molecule has 11 heteroatoms. The van der Waals surface area contributed by atoms with Crippen LogP contribution in [-0.2, 0) is 17.9 Å². The van der Waals surface area contributed by atoms with Gasteiger partial charge in [0.15, 0.2) is 5.58 Å². The molecule has 138 valence electrons. The molecule has 0 bridgehead atoms. The molecule has 11 nitrogen and oxygen atoms in total. The number of aromatic nitrogens is 1. The Morgan fingerprint density at radius 1 is 1.11 bits per heavy atom. The maximum atomic E-state index is 12.1. The summed E-state index contributed by atoms with van der Waals surface area (Å²) in [6, 6.07) is 9.56. The number of para-hydroxylation sites is 1. The minimum atomic E-state index is -0.841. The Kier molecular flexibility index (Phi) is 4.66. The minimum Gasteiger partial charge on any atom is -0.407 e. The van der Waals surface area contributed by atoms with Gasteiger partial charge >= 0.3 is 5.76 Å². The summed E-state index contributed by atoms with van der Waals surface area (Å²) in [5, 5.41) is 24.3. The van der Waals surface area contributed by atoms with E-state index < -0.39 is 28.1 Å². The predicted octanol–water partition coefficient (Wildman–Crippen LogP) is 1.73. The topological polar surface area (TPSA) is 151 Å². The van der Waals surface area contributed by atoms with Gasteiger partial charge in [0, 0.05) is 24.2 Å². The monoisotopic (exact) mass is 372 g/mol. The van der Waals surface area contributed by atoms with Crippen LogP contribution in [-0.4, -0.2) is 20.3 Å². The lowest BCUT2D eigenvalue weighted by molar-refractivity contribution is -0.385.